The maximum absolute atomic E-state index is 13.7. The van der Waals surface area contributed by atoms with E-state index in [2.05, 4.69) is 0 Å². The van der Waals surface area contributed by atoms with E-state index in [1.54, 1.807) is 6.92 Å². The maximum Gasteiger partial charge on any atom is 0.411 e. The molecule has 0 aromatic heterocycles. The minimum atomic E-state index is -5.58. The normalized spacial score (nSPS) is 13.2. The van der Waals surface area contributed by atoms with E-state index >= 15 is 0 Å². The van der Waals surface area contributed by atoms with Gasteiger partial charge < -0.3 is 0 Å². The lowest BCUT2D eigenvalue weighted by atomic mass is 9.73. The summed E-state index contributed by atoms with van der Waals surface area (Å²) in [6.45, 7) is 1.58. The molecule has 0 aliphatic heterocycles. The third kappa shape index (κ3) is 2.92. The number of benzene rings is 2. The lowest BCUT2D eigenvalue weighted by Crippen LogP contribution is -2.54. The first-order valence-electron chi connectivity index (χ1n) is 6.47. The van der Waals surface area contributed by atoms with Crippen molar-refractivity contribution in [3.05, 3.63) is 70.2 Å². The summed E-state index contributed by atoms with van der Waals surface area (Å²) in [5.41, 5.74) is -5.36. The highest BCUT2D eigenvalue weighted by molar-refractivity contribution is 6.30. The van der Waals surface area contributed by atoms with Crippen LogP contribution in [-0.2, 0) is 5.41 Å². The summed E-state index contributed by atoms with van der Waals surface area (Å²) in [5.74, 6) is 0. The summed E-state index contributed by atoms with van der Waals surface area (Å²) in [7, 11) is 0. The molecule has 0 bridgehead atoms. The van der Waals surface area contributed by atoms with Gasteiger partial charge >= 0.3 is 12.4 Å². The van der Waals surface area contributed by atoms with Gasteiger partial charge in [-0.3, -0.25) is 0 Å². The predicted molar refractivity (Wildman–Crippen MR) is 75.5 cm³/mol. The van der Waals surface area contributed by atoms with E-state index in [9.17, 15) is 26.3 Å². The van der Waals surface area contributed by atoms with Gasteiger partial charge in [0.15, 0.2) is 0 Å². The second-order valence-electron chi connectivity index (χ2n) is 5.12. The summed E-state index contributed by atoms with van der Waals surface area (Å²) in [5, 5.41) is 0.0518. The summed E-state index contributed by atoms with van der Waals surface area (Å²) in [6, 6.07) is 7.67. The molecule has 124 valence electrons. The molecule has 0 saturated carbocycles. The summed E-state index contributed by atoms with van der Waals surface area (Å²) < 4.78 is 82.1. The fourth-order valence-corrected chi connectivity index (χ4v) is 2.61. The molecule has 0 nitrogen and oxygen atoms in total. The van der Waals surface area contributed by atoms with Crippen LogP contribution in [0.3, 0.4) is 0 Å². The zero-order valence-electron chi connectivity index (χ0n) is 11.8. The number of rotatable bonds is 2. The van der Waals surface area contributed by atoms with Gasteiger partial charge in [0, 0.05) is 5.02 Å². The van der Waals surface area contributed by atoms with Gasteiger partial charge in [-0.1, -0.05) is 53.6 Å². The fraction of sp³-hybridized carbons (Fsp3) is 0.250. The van der Waals surface area contributed by atoms with Crippen LogP contribution in [0.5, 0.6) is 0 Å². The highest BCUT2D eigenvalue weighted by atomic mass is 35.5. The third-order valence-electron chi connectivity index (χ3n) is 3.61. The Labute approximate surface area is 133 Å². The summed E-state index contributed by atoms with van der Waals surface area (Å²) >= 11 is 5.59. The lowest BCUT2D eigenvalue weighted by molar-refractivity contribution is -0.288. The van der Waals surface area contributed by atoms with Crippen molar-refractivity contribution in [2.45, 2.75) is 24.7 Å². The number of hydrogen-bond donors (Lipinski definition) is 0. The fourth-order valence-electron chi connectivity index (χ4n) is 2.49. The monoisotopic (exact) mass is 352 g/mol. The maximum atomic E-state index is 13.7. The average Bonchev–Trinajstić information content (AvgIpc) is 2.40. The highest BCUT2D eigenvalue weighted by Gasteiger charge is 2.72. The molecule has 2 aromatic rings. The van der Waals surface area contributed by atoms with Crippen molar-refractivity contribution in [1.29, 1.82) is 0 Å². The van der Waals surface area contributed by atoms with Crippen LogP contribution >= 0.6 is 11.6 Å². The second kappa shape index (κ2) is 5.74. The third-order valence-corrected chi connectivity index (χ3v) is 3.86. The van der Waals surface area contributed by atoms with Crippen LogP contribution in [0.2, 0.25) is 5.02 Å². The quantitative estimate of drug-likeness (QED) is 0.576. The van der Waals surface area contributed by atoms with Crippen molar-refractivity contribution >= 4 is 11.6 Å². The molecule has 0 unspecified atom stereocenters. The van der Waals surface area contributed by atoms with Crippen molar-refractivity contribution in [3.63, 3.8) is 0 Å². The van der Waals surface area contributed by atoms with E-state index in [0.717, 1.165) is 36.4 Å². The zero-order valence-corrected chi connectivity index (χ0v) is 12.5. The van der Waals surface area contributed by atoms with Crippen LogP contribution in [0.15, 0.2) is 48.5 Å². The molecule has 0 aliphatic rings. The van der Waals surface area contributed by atoms with Gasteiger partial charge in [-0.2, -0.15) is 26.3 Å². The molecule has 0 heterocycles. The molecule has 7 heteroatoms. The first-order chi connectivity index (χ1) is 10.5. The summed E-state index contributed by atoms with van der Waals surface area (Å²) in [6.07, 6.45) is -11.2. The standard InChI is InChI=1S/C16H11ClF6/c1-10-2-4-11(5-3-10)14(15(18,19)20,16(21,22)23)12-6-8-13(17)9-7-12/h2-9H,1H3. The van der Waals surface area contributed by atoms with Gasteiger partial charge in [-0.25, -0.2) is 0 Å². The smallest absolute Gasteiger partial charge is 0.169 e. The Kier molecular flexibility index (Phi) is 4.41. The molecular weight excluding hydrogens is 342 g/mol. The molecule has 0 fully saturated rings. The van der Waals surface area contributed by atoms with E-state index in [0.29, 0.717) is 5.56 Å². The molecule has 0 N–H and O–H groups in total. The number of halogens is 7. The van der Waals surface area contributed by atoms with E-state index in [1.807, 2.05) is 0 Å². The van der Waals surface area contributed by atoms with E-state index in [4.69, 9.17) is 11.6 Å². The first kappa shape index (κ1) is 17.7. The Balaban J connectivity index is 2.86. The Morgan fingerprint density at radius 3 is 1.35 bits per heavy atom. The molecule has 0 aliphatic carbocycles. The minimum absolute atomic E-state index is 0.0518. The van der Waals surface area contributed by atoms with Crippen molar-refractivity contribution in [1.82, 2.24) is 0 Å². The molecule has 23 heavy (non-hydrogen) atoms. The SMILES string of the molecule is Cc1ccc(C(c2ccc(Cl)cc2)(C(F)(F)F)C(F)(F)F)cc1. The second-order valence-corrected chi connectivity index (χ2v) is 5.55. The van der Waals surface area contributed by atoms with Crippen molar-refractivity contribution in [3.8, 4) is 0 Å². The number of alkyl halides is 6. The van der Waals surface area contributed by atoms with E-state index < -0.39 is 28.9 Å². The van der Waals surface area contributed by atoms with Crippen molar-refractivity contribution in [2.24, 2.45) is 0 Å². The van der Waals surface area contributed by atoms with Crippen LogP contribution in [0.1, 0.15) is 16.7 Å². The first-order valence-corrected chi connectivity index (χ1v) is 6.84. The largest absolute Gasteiger partial charge is 0.411 e. The summed E-state index contributed by atoms with van der Waals surface area (Å²) in [4.78, 5) is 0. The topological polar surface area (TPSA) is 0 Å². The number of hydrogen-bond acceptors (Lipinski definition) is 0. The van der Waals surface area contributed by atoms with Crippen molar-refractivity contribution < 1.29 is 26.3 Å². The van der Waals surface area contributed by atoms with Gasteiger partial charge in [0.25, 0.3) is 0 Å². The van der Waals surface area contributed by atoms with Crippen molar-refractivity contribution in [2.75, 3.05) is 0 Å². The Hall–Kier alpha value is -1.69. The van der Waals surface area contributed by atoms with Gasteiger partial charge in [-0.15, -0.1) is 0 Å². The zero-order chi connectivity index (χ0) is 17.5. The Bertz CT molecular complexity index is 606. The van der Waals surface area contributed by atoms with Crippen LogP contribution in [0.25, 0.3) is 0 Å². The van der Waals surface area contributed by atoms with Gasteiger partial charge in [0.05, 0.1) is 0 Å². The lowest BCUT2D eigenvalue weighted by Gasteiger charge is -2.38. The van der Waals surface area contributed by atoms with E-state index in [1.165, 1.54) is 12.1 Å². The Morgan fingerprint density at radius 2 is 1.00 bits per heavy atom. The predicted octanol–water partition coefficient (Wildman–Crippen LogP) is 6.06. The molecule has 0 spiro atoms. The molecule has 2 rings (SSSR count). The molecule has 0 amide bonds. The molecule has 0 atom stereocenters. The molecular formula is C16H11ClF6. The molecule has 0 saturated heterocycles. The minimum Gasteiger partial charge on any atom is -0.169 e. The molecule has 2 aromatic carbocycles. The van der Waals surface area contributed by atoms with Gasteiger partial charge in [-0.05, 0) is 30.2 Å². The highest BCUT2D eigenvalue weighted by Crippen LogP contribution is 2.56. The molecule has 0 radical (unpaired) electrons. The average molecular weight is 353 g/mol. The van der Waals surface area contributed by atoms with Gasteiger partial charge in [0.2, 0.25) is 5.41 Å². The van der Waals surface area contributed by atoms with Gasteiger partial charge in [0.1, 0.15) is 0 Å². The van der Waals surface area contributed by atoms with Crippen LogP contribution in [-0.4, -0.2) is 12.4 Å². The Morgan fingerprint density at radius 1 is 0.652 bits per heavy atom. The van der Waals surface area contributed by atoms with Crippen LogP contribution in [0, 0.1) is 6.92 Å². The number of aryl methyl sites for hydroxylation is 1. The van der Waals surface area contributed by atoms with Crippen LogP contribution < -0.4 is 0 Å². The van der Waals surface area contributed by atoms with E-state index in [-0.39, 0.29) is 5.02 Å². The van der Waals surface area contributed by atoms with Crippen LogP contribution in [0.4, 0.5) is 26.3 Å².